The lowest BCUT2D eigenvalue weighted by atomic mass is 9.98. The van der Waals surface area contributed by atoms with Gasteiger partial charge in [0, 0.05) is 28.7 Å². The summed E-state index contributed by atoms with van der Waals surface area (Å²) in [6.07, 6.45) is 0.152. The summed E-state index contributed by atoms with van der Waals surface area (Å²) >= 11 is 1.86. The van der Waals surface area contributed by atoms with Gasteiger partial charge >= 0.3 is 5.97 Å². The molecule has 1 atom stereocenters. The number of ether oxygens (including phenoxy) is 1. The van der Waals surface area contributed by atoms with Crippen LogP contribution in [0.2, 0.25) is 0 Å². The van der Waals surface area contributed by atoms with Gasteiger partial charge in [0.2, 0.25) is 0 Å². The Kier molecular flexibility index (Phi) is 4.42. The molecule has 2 rings (SSSR count). The van der Waals surface area contributed by atoms with E-state index in [-0.39, 0.29) is 30.9 Å². The van der Waals surface area contributed by atoms with Crippen molar-refractivity contribution in [1.29, 1.82) is 0 Å². The predicted molar refractivity (Wildman–Crippen MR) is 79.1 cm³/mol. The van der Waals surface area contributed by atoms with E-state index in [0.717, 1.165) is 6.07 Å². The number of carbonyl (C=O) groups excluding carboxylic acids is 1. The molecule has 0 spiro atoms. The van der Waals surface area contributed by atoms with Crippen molar-refractivity contribution in [3.05, 3.63) is 37.4 Å². The van der Waals surface area contributed by atoms with Gasteiger partial charge in [0.25, 0.3) is 11.6 Å². The average molecular weight is 406 g/mol. The molecule has 8 nitrogen and oxygen atoms in total. The Hall–Kier alpha value is -1.75. The topological polar surface area (TPSA) is 119 Å². The molecule has 9 heteroatoms. The van der Waals surface area contributed by atoms with Crippen LogP contribution in [-0.2, 0) is 9.53 Å². The van der Waals surface area contributed by atoms with Crippen LogP contribution in [0.4, 0.5) is 5.69 Å². The van der Waals surface area contributed by atoms with Gasteiger partial charge < -0.3 is 15.2 Å². The first-order chi connectivity index (χ1) is 9.85. The lowest BCUT2D eigenvalue weighted by Crippen LogP contribution is -2.55. The number of aliphatic carboxylic acids is 1. The number of hydrogen-bond donors (Lipinski definition) is 2. The number of nitro groups is 1. The van der Waals surface area contributed by atoms with Crippen molar-refractivity contribution >= 4 is 40.2 Å². The molecule has 1 aliphatic heterocycles. The van der Waals surface area contributed by atoms with E-state index in [1.54, 1.807) is 0 Å². The summed E-state index contributed by atoms with van der Waals surface area (Å²) in [5.41, 5.74) is -1.64. The highest BCUT2D eigenvalue weighted by Crippen LogP contribution is 2.23. The molecule has 21 heavy (non-hydrogen) atoms. The van der Waals surface area contributed by atoms with Crippen LogP contribution in [0.15, 0.2) is 18.2 Å². The van der Waals surface area contributed by atoms with E-state index < -0.39 is 22.3 Å². The lowest BCUT2D eigenvalue weighted by Gasteiger charge is -2.23. The first kappa shape index (κ1) is 15.6. The molecule has 1 heterocycles. The molecule has 1 aromatic rings. The van der Waals surface area contributed by atoms with E-state index in [1.165, 1.54) is 12.1 Å². The van der Waals surface area contributed by atoms with Crippen molar-refractivity contribution < 1.29 is 24.4 Å². The molecule has 2 N–H and O–H groups in total. The summed E-state index contributed by atoms with van der Waals surface area (Å²) in [5.74, 6) is -1.86. The summed E-state index contributed by atoms with van der Waals surface area (Å²) < 4.78 is 5.54. The summed E-state index contributed by atoms with van der Waals surface area (Å²) in [7, 11) is 0. The molecule has 0 saturated carbocycles. The number of carbonyl (C=O) groups is 2. The van der Waals surface area contributed by atoms with Crippen LogP contribution in [0.1, 0.15) is 16.8 Å². The van der Waals surface area contributed by atoms with Crippen LogP contribution in [0, 0.1) is 13.7 Å². The molecule has 1 unspecified atom stereocenters. The molecule has 112 valence electrons. The number of hydrogen-bond acceptors (Lipinski definition) is 5. The second-order valence-corrected chi connectivity index (χ2v) is 5.73. The third-order valence-corrected chi connectivity index (χ3v) is 4.13. The fourth-order valence-electron chi connectivity index (χ4n) is 1.97. The molecular formula is C12H11IN2O6. The number of halogens is 1. The number of non-ortho nitro benzene ring substituents is 1. The zero-order valence-corrected chi connectivity index (χ0v) is 12.8. The largest absolute Gasteiger partial charge is 0.479 e. The lowest BCUT2D eigenvalue weighted by molar-refractivity contribution is -0.384. The molecular weight excluding hydrogens is 395 g/mol. The zero-order valence-electron chi connectivity index (χ0n) is 10.7. The Morgan fingerprint density at radius 3 is 2.71 bits per heavy atom. The smallest absolute Gasteiger partial charge is 0.331 e. The molecule has 0 aromatic heterocycles. The van der Waals surface area contributed by atoms with Crippen molar-refractivity contribution in [3.63, 3.8) is 0 Å². The molecule has 1 aromatic carbocycles. The van der Waals surface area contributed by atoms with E-state index in [1.807, 2.05) is 22.6 Å². The summed E-state index contributed by atoms with van der Waals surface area (Å²) in [6, 6.07) is 3.85. The van der Waals surface area contributed by atoms with E-state index in [4.69, 9.17) is 4.74 Å². The SMILES string of the molecule is O=C(NC1(C(=O)O)CCOC1)c1cc([N+](=O)[O-])ccc1I. The predicted octanol–water partition coefficient (Wildman–Crippen LogP) is 1.17. The number of nitro benzene ring substituents is 1. The number of amides is 1. The minimum atomic E-state index is -1.48. The van der Waals surface area contributed by atoms with E-state index in [9.17, 15) is 24.8 Å². The second-order valence-electron chi connectivity index (χ2n) is 4.57. The van der Waals surface area contributed by atoms with Crippen molar-refractivity contribution in [2.75, 3.05) is 13.2 Å². The fraction of sp³-hybridized carbons (Fsp3) is 0.333. The van der Waals surface area contributed by atoms with E-state index in [0.29, 0.717) is 3.57 Å². The Morgan fingerprint density at radius 1 is 1.48 bits per heavy atom. The van der Waals surface area contributed by atoms with E-state index in [2.05, 4.69) is 5.32 Å². The van der Waals surface area contributed by atoms with Crippen LogP contribution in [0.25, 0.3) is 0 Å². The van der Waals surface area contributed by atoms with Gasteiger partial charge in [-0.2, -0.15) is 0 Å². The quantitative estimate of drug-likeness (QED) is 0.440. The third kappa shape index (κ3) is 3.13. The van der Waals surface area contributed by atoms with Gasteiger partial charge in [0.1, 0.15) is 0 Å². The number of nitrogens with zero attached hydrogens (tertiary/aromatic N) is 1. The molecule has 0 aliphatic carbocycles. The van der Waals surface area contributed by atoms with Crippen LogP contribution in [0.5, 0.6) is 0 Å². The van der Waals surface area contributed by atoms with Crippen LogP contribution in [0.3, 0.4) is 0 Å². The first-order valence-electron chi connectivity index (χ1n) is 5.93. The second kappa shape index (κ2) is 5.93. The van der Waals surface area contributed by atoms with Crippen LogP contribution >= 0.6 is 22.6 Å². The zero-order chi connectivity index (χ0) is 15.6. The minimum absolute atomic E-state index is 0.0670. The van der Waals surface area contributed by atoms with Crippen LogP contribution < -0.4 is 5.32 Å². The Morgan fingerprint density at radius 2 is 2.19 bits per heavy atom. The highest BCUT2D eigenvalue weighted by atomic mass is 127. The first-order valence-corrected chi connectivity index (χ1v) is 7.01. The third-order valence-electron chi connectivity index (χ3n) is 3.19. The maximum absolute atomic E-state index is 12.2. The van der Waals surface area contributed by atoms with Crippen LogP contribution in [-0.4, -0.2) is 40.7 Å². The fourth-order valence-corrected chi connectivity index (χ4v) is 2.55. The Labute approximate surface area is 132 Å². The summed E-state index contributed by atoms with van der Waals surface area (Å²) in [6.45, 7) is 0.109. The van der Waals surface area contributed by atoms with Gasteiger partial charge in [-0.3, -0.25) is 14.9 Å². The molecule has 1 fully saturated rings. The van der Waals surface area contributed by atoms with Crippen molar-refractivity contribution in [2.45, 2.75) is 12.0 Å². The maximum atomic E-state index is 12.2. The number of carboxylic acid groups (broad SMARTS) is 1. The van der Waals surface area contributed by atoms with Gasteiger partial charge in [-0.1, -0.05) is 0 Å². The van der Waals surface area contributed by atoms with Gasteiger partial charge in [0.05, 0.1) is 17.1 Å². The molecule has 0 bridgehead atoms. The molecule has 1 amide bonds. The number of carboxylic acids is 1. The highest BCUT2D eigenvalue weighted by Gasteiger charge is 2.44. The van der Waals surface area contributed by atoms with Gasteiger partial charge in [-0.05, 0) is 28.7 Å². The maximum Gasteiger partial charge on any atom is 0.331 e. The molecule has 1 aliphatic rings. The van der Waals surface area contributed by atoms with Gasteiger partial charge in [0.15, 0.2) is 5.54 Å². The standard InChI is InChI=1S/C12H11IN2O6/c13-9-2-1-7(15(19)20)5-8(9)10(16)14-12(11(17)18)3-4-21-6-12/h1-2,5H,3-4,6H2,(H,14,16)(H,17,18). The Balaban J connectivity index is 2.30. The van der Waals surface area contributed by atoms with Crippen molar-refractivity contribution in [2.24, 2.45) is 0 Å². The number of nitrogens with one attached hydrogen (secondary N) is 1. The number of benzene rings is 1. The minimum Gasteiger partial charge on any atom is -0.479 e. The highest BCUT2D eigenvalue weighted by molar-refractivity contribution is 14.1. The Bertz CT molecular complexity index is 612. The summed E-state index contributed by atoms with van der Waals surface area (Å²) in [4.78, 5) is 33.7. The average Bonchev–Trinajstić information content (AvgIpc) is 2.88. The summed E-state index contributed by atoms with van der Waals surface area (Å²) in [5, 5.41) is 22.5. The van der Waals surface area contributed by atoms with Gasteiger partial charge in [-0.25, -0.2) is 4.79 Å². The monoisotopic (exact) mass is 406 g/mol. The molecule has 0 radical (unpaired) electrons. The van der Waals surface area contributed by atoms with Crippen molar-refractivity contribution in [3.8, 4) is 0 Å². The van der Waals surface area contributed by atoms with E-state index >= 15 is 0 Å². The normalized spacial score (nSPS) is 21.0. The molecule has 1 saturated heterocycles. The van der Waals surface area contributed by atoms with Crippen molar-refractivity contribution in [1.82, 2.24) is 5.32 Å². The van der Waals surface area contributed by atoms with Gasteiger partial charge in [-0.15, -0.1) is 0 Å². The number of rotatable bonds is 4.